The number of morpholine rings is 1. The van der Waals surface area contributed by atoms with Crippen molar-refractivity contribution in [3.05, 3.63) is 18.2 Å². The van der Waals surface area contributed by atoms with Crippen molar-refractivity contribution in [2.45, 2.75) is 11.0 Å². The van der Waals surface area contributed by atoms with Crippen molar-refractivity contribution in [2.75, 3.05) is 37.9 Å². The molecule has 2 aromatic rings. The van der Waals surface area contributed by atoms with E-state index in [1.807, 2.05) is 0 Å². The maximum Gasteiger partial charge on any atom is 0.250 e. The lowest BCUT2D eigenvalue weighted by molar-refractivity contribution is -0.132. The third-order valence-electron chi connectivity index (χ3n) is 3.46. The molecule has 1 aliphatic heterocycles. The Bertz CT molecular complexity index is 659. The van der Waals surface area contributed by atoms with Gasteiger partial charge in [-0.1, -0.05) is 11.3 Å². The summed E-state index contributed by atoms with van der Waals surface area (Å²) in [5.74, 6) is -0.0783. The number of anilines is 1. The highest BCUT2D eigenvalue weighted by atomic mass is 32.2. The van der Waals surface area contributed by atoms with Crippen LogP contribution in [0.25, 0.3) is 10.2 Å². The Morgan fingerprint density at radius 1 is 1.57 bits per heavy atom. The molecule has 3 rings (SSSR count). The Hall–Kier alpha value is -1.31. The Balaban J connectivity index is 1.84. The van der Waals surface area contributed by atoms with Crippen LogP contribution in [0.4, 0.5) is 5.13 Å². The predicted molar refractivity (Wildman–Crippen MR) is 87.4 cm³/mol. The highest BCUT2D eigenvalue weighted by Crippen LogP contribution is 2.32. The maximum absolute atomic E-state index is 11.7. The fraction of sp³-hybridized carbons (Fsp3) is 0.429. The molecule has 5 nitrogen and oxygen atoms in total. The fourth-order valence-electron chi connectivity index (χ4n) is 2.30. The lowest BCUT2D eigenvalue weighted by Gasteiger charge is -2.31. The molecule has 21 heavy (non-hydrogen) atoms. The topological polar surface area (TPSA) is 54.5 Å². The summed E-state index contributed by atoms with van der Waals surface area (Å²) >= 11 is 3.40. The van der Waals surface area contributed by atoms with Crippen LogP contribution in [-0.2, 0) is 9.53 Å². The Kier molecular flexibility index (Phi) is 4.32. The van der Waals surface area contributed by atoms with Gasteiger partial charge in [-0.25, -0.2) is 4.98 Å². The van der Waals surface area contributed by atoms with Gasteiger partial charge in [0.2, 0.25) is 0 Å². The molecule has 0 spiro atoms. The van der Waals surface area contributed by atoms with Crippen LogP contribution in [0.1, 0.15) is 0 Å². The van der Waals surface area contributed by atoms with E-state index in [1.165, 1.54) is 9.60 Å². The predicted octanol–water partition coefficient (Wildman–Crippen LogP) is 1.97. The summed E-state index contributed by atoms with van der Waals surface area (Å²) in [4.78, 5) is 19.8. The summed E-state index contributed by atoms with van der Waals surface area (Å²) in [6, 6.07) is 6.30. The third kappa shape index (κ3) is 3.00. The highest BCUT2D eigenvalue weighted by molar-refractivity contribution is 7.98. The molecule has 1 fully saturated rings. The number of fused-ring (bicyclic) bond motifs is 1. The van der Waals surface area contributed by atoms with Gasteiger partial charge in [-0.15, -0.1) is 11.8 Å². The zero-order valence-corrected chi connectivity index (χ0v) is 13.6. The standard InChI is InChI=1S/C14H17N3O2S2/c1-15-13(18)11-8-17(5-6-19-11)14-16-10-4-3-9(20-2)7-12(10)21-14/h3-4,7,11H,5-6,8H2,1-2H3,(H,15,18). The van der Waals surface area contributed by atoms with Gasteiger partial charge in [0.25, 0.3) is 5.91 Å². The van der Waals surface area contributed by atoms with E-state index in [0.29, 0.717) is 13.2 Å². The largest absolute Gasteiger partial charge is 0.365 e. The lowest BCUT2D eigenvalue weighted by Crippen LogP contribution is -2.49. The van der Waals surface area contributed by atoms with Crippen molar-refractivity contribution < 1.29 is 9.53 Å². The second kappa shape index (κ2) is 6.21. The first-order valence-electron chi connectivity index (χ1n) is 6.74. The second-order valence-corrected chi connectivity index (χ2v) is 6.64. The van der Waals surface area contributed by atoms with Gasteiger partial charge in [0.1, 0.15) is 0 Å². The first-order valence-corrected chi connectivity index (χ1v) is 8.78. The summed E-state index contributed by atoms with van der Waals surface area (Å²) in [5.41, 5.74) is 1.01. The normalized spacial score (nSPS) is 19.0. The number of amides is 1. The van der Waals surface area contributed by atoms with Crippen LogP contribution in [0, 0.1) is 0 Å². The van der Waals surface area contributed by atoms with Crippen LogP contribution in [-0.4, -0.2) is 50.0 Å². The molecule has 0 saturated carbocycles. The van der Waals surface area contributed by atoms with E-state index in [-0.39, 0.29) is 5.91 Å². The van der Waals surface area contributed by atoms with Crippen molar-refractivity contribution in [1.29, 1.82) is 0 Å². The van der Waals surface area contributed by atoms with Crippen molar-refractivity contribution in [2.24, 2.45) is 0 Å². The highest BCUT2D eigenvalue weighted by Gasteiger charge is 2.27. The van der Waals surface area contributed by atoms with E-state index in [9.17, 15) is 4.79 Å². The molecule has 0 radical (unpaired) electrons. The number of benzene rings is 1. The van der Waals surface area contributed by atoms with Crippen LogP contribution in [0.3, 0.4) is 0 Å². The maximum atomic E-state index is 11.7. The van der Waals surface area contributed by atoms with Crippen molar-refractivity contribution in [1.82, 2.24) is 10.3 Å². The van der Waals surface area contributed by atoms with Crippen molar-refractivity contribution >= 4 is 44.4 Å². The van der Waals surface area contributed by atoms with Gasteiger partial charge in [0.15, 0.2) is 11.2 Å². The minimum Gasteiger partial charge on any atom is -0.365 e. The quantitative estimate of drug-likeness (QED) is 0.875. The number of ether oxygens (including phenoxy) is 1. The molecule has 0 aliphatic carbocycles. The molecule has 2 heterocycles. The molecule has 0 bridgehead atoms. The molecule has 1 atom stereocenters. The number of thioether (sulfide) groups is 1. The number of rotatable bonds is 3. The number of nitrogens with one attached hydrogen (secondary N) is 1. The van der Waals surface area contributed by atoms with Gasteiger partial charge in [-0.2, -0.15) is 0 Å². The van der Waals surface area contributed by atoms with Crippen molar-refractivity contribution in [3.8, 4) is 0 Å². The zero-order valence-electron chi connectivity index (χ0n) is 12.0. The molecule has 1 unspecified atom stereocenters. The number of nitrogens with zero attached hydrogens (tertiary/aromatic N) is 2. The van der Waals surface area contributed by atoms with E-state index in [4.69, 9.17) is 4.74 Å². The summed E-state index contributed by atoms with van der Waals surface area (Å²) in [6.07, 6.45) is 1.65. The number of aromatic nitrogens is 1. The van der Waals surface area contributed by atoms with Gasteiger partial charge < -0.3 is 15.0 Å². The van der Waals surface area contributed by atoms with Crippen molar-refractivity contribution in [3.63, 3.8) is 0 Å². The van der Waals surface area contributed by atoms with Gasteiger partial charge in [-0.3, -0.25) is 4.79 Å². The molecular formula is C14H17N3O2S2. The summed E-state index contributed by atoms with van der Waals surface area (Å²) < 4.78 is 6.69. The zero-order chi connectivity index (χ0) is 14.8. The number of carbonyl (C=O) groups is 1. The van der Waals surface area contributed by atoms with Gasteiger partial charge in [0, 0.05) is 18.5 Å². The lowest BCUT2D eigenvalue weighted by atomic mass is 10.2. The number of hydrogen-bond acceptors (Lipinski definition) is 6. The molecule has 112 valence electrons. The Morgan fingerprint density at radius 3 is 3.19 bits per heavy atom. The molecule has 1 saturated heterocycles. The number of thiazole rings is 1. The monoisotopic (exact) mass is 323 g/mol. The summed E-state index contributed by atoms with van der Waals surface area (Å²) in [6.45, 7) is 1.86. The van der Waals surface area contributed by atoms with Crippen LogP contribution in [0.5, 0.6) is 0 Å². The molecule has 1 aromatic heterocycles. The van der Waals surface area contributed by atoms with E-state index in [0.717, 1.165) is 17.2 Å². The second-order valence-electron chi connectivity index (χ2n) is 4.75. The summed E-state index contributed by atoms with van der Waals surface area (Å²) in [5, 5.41) is 3.60. The Morgan fingerprint density at radius 2 is 2.43 bits per heavy atom. The van der Waals surface area contributed by atoms with Gasteiger partial charge >= 0.3 is 0 Å². The van der Waals surface area contributed by atoms with Gasteiger partial charge in [0.05, 0.1) is 23.4 Å². The smallest absolute Gasteiger partial charge is 0.250 e. The van der Waals surface area contributed by atoms with E-state index >= 15 is 0 Å². The van der Waals surface area contributed by atoms with Crippen LogP contribution < -0.4 is 10.2 Å². The SMILES string of the molecule is CNC(=O)C1CN(c2nc3ccc(SC)cc3s2)CCO1. The minimum absolute atomic E-state index is 0.0783. The third-order valence-corrected chi connectivity index (χ3v) is 5.26. The molecule has 1 amide bonds. The minimum atomic E-state index is -0.419. The first-order chi connectivity index (χ1) is 10.2. The molecule has 1 aliphatic rings. The van der Waals surface area contributed by atoms with E-state index < -0.39 is 6.10 Å². The van der Waals surface area contributed by atoms with Crippen LogP contribution >= 0.6 is 23.1 Å². The number of carbonyl (C=O) groups excluding carboxylic acids is 1. The van der Waals surface area contributed by atoms with Gasteiger partial charge in [-0.05, 0) is 24.5 Å². The molecule has 1 aromatic carbocycles. The Labute approximate surface area is 131 Å². The van der Waals surface area contributed by atoms with E-state index in [2.05, 4.69) is 39.7 Å². The first kappa shape index (κ1) is 14.6. The molecule has 1 N–H and O–H groups in total. The fourth-order valence-corrected chi connectivity index (χ4v) is 3.85. The summed E-state index contributed by atoms with van der Waals surface area (Å²) in [7, 11) is 1.63. The van der Waals surface area contributed by atoms with E-state index in [1.54, 1.807) is 30.1 Å². The molecule has 7 heteroatoms. The average molecular weight is 323 g/mol. The number of likely N-dealkylation sites (N-methyl/N-ethyl adjacent to an activating group) is 1. The average Bonchev–Trinajstić information content (AvgIpc) is 2.97. The number of hydrogen-bond donors (Lipinski definition) is 1. The van der Waals surface area contributed by atoms with Crippen LogP contribution in [0.2, 0.25) is 0 Å². The molecular weight excluding hydrogens is 306 g/mol. The van der Waals surface area contributed by atoms with Crippen LogP contribution in [0.15, 0.2) is 23.1 Å².